The van der Waals surface area contributed by atoms with Gasteiger partial charge in [-0.05, 0) is 59.7 Å². The first-order chi connectivity index (χ1) is 8.58. The molecule has 2 amide bonds. The zero-order valence-corrected chi connectivity index (χ0v) is 12.1. The van der Waals surface area contributed by atoms with E-state index in [4.69, 9.17) is 5.73 Å². The van der Waals surface area contributed by atoms with Crippen LogP contribution in [0.3, 0.4) is 0 Å². The largest absolute Gasteiger partial charge is 0.369 e. The first kappa shape index (κ1) is 13.3. The molecule has 2 N–H and O–H groups in total. The zero-order chi connectivity index (χ0) is 13.1. The monoisotopic (exact) mass is 358 g/mol. The second-order valence-electron chi connectivity index (χ2n) is 4.48. The van der Waals surface area contributed by atoms with E-state index in [0.717, 1.165) is 3.57 Å². The van der Waals surface area contributed by atoms with Gasteiger partial charge in [0.25, 0.3) is 5.91 Å². The van der Waals surface area contributed by atoms with Crippen molar-refractivity contribution in [1.82, 2.24) is 4.90 Å². The number of carbonyl (C=O) groups is 2. The number of rotatable bonds is 2. The Labute approximate surface area is 120 Å². The molecule has 0 aromatic heterocycles. The summed E-state index contributed by atoms with van der Waals surface area (Å²) in [6, 6.07) is 7.52. The summed E-state index contributed by atoms with van der Waals surface area (Å²) in [4.78, 5) is 25.0. The van der Waals surface area contributed by atoms with E-state index in [9.17, 15) is 9.59 Å². The highest BCUT2D eigenvalue weighted by Crippen LogP contribution is 2.19. The van der Waals surface area contributed by atoms with Crippen molar-refractivity contribution >= 4 is 34.4 Å². The summed E-state index contributed by atoms with van der Waals surface area (Å²) >= 11 is 2.21. The summed E-state index contributed by atoms with van der Waals surface area (Å²) in [5.74, 6) is -0.295. The maximum Gasteiger partial charge on any atom is 0.253 e. The van der Waals surface area contributed by atoms with Crippen LogP contribution in [0, 0.1) is 9.49 Å². The van der Waals surface area contributed by atoms with Crippen molar-refractivity contribution in [2.24, 2.45) is 11.7 Å². The Morgan fingerprint density at radius 1 is 1.17 bits per heavy atom. The number of nitrogens with two attached hydrogens (primary N) is 1. The Balaban J connectivity index is 1.99. The highest BCUT2D eigenvalue weighted by molar-refractivity contribution is 14.1. The number of likely N-dealkylation sites (tertiary alicyclic amines) is 1. The van der Waals surface area contributed by atoms with Gasteiger partial charge in [0.1, 0.15) is 0 Å². The lowest BCUT2D eigenvalue weighted by molar-refractivity contribution is -0.123. The maximum absolute atomic E-state index is 12.2. The second kappa shape index (κ2) is 5.69. The van der Waals surface area contributed by atoms with Crippen LogP contribution in [0.5, 0.6) is 0 Å². The molecule has 4 nitrogen and oxygen atoms in total. The zero-order valence-electron chi connectivity index (χ0n) is 9.93. The third-order valence-electron chi connectivity index (χ3n) is 3.28. The molecule has 1 heterocycles. The van der Waals surface area contributed by atoms with E-state index in [1.807, 2.05) is 24.3 Å². The molecule has 5 heteroatoms. The van der Waals surface area contributed by atoms with E-state index in [0.29, 0.717) is 31.5 Å². The smallest absolute Gasteiger partial charge is 0.253 e. The number of nitrogens with zero attached hydrogens (tertiary/aromatic N) is 1. The number of hydrogen-bond acceptors (Lipinski definition) is 2. The van der Waals surface area contributed by atoms with Crippen molar-refractivity contribution in [2.75, 3.05) is 13.1 Å². The molecule has 0 spiro atoms. The number of halogens is 1. The molecule has 0 bridgehead atoms. The minimum atomic E-state index is -0.253. The molecular weight excluding hydrogens is 343 g/mol. The van der Waals surface area contributed by atoms with Crippen molar-refractivity contribution in [3.63, 3.8) is 0 Å². The molecule has 0 radical (unpaired) electrons. The fourth-order valence-electron chi connectivity index (χ4n) is 2.14. The predicted octanol–water partition coefficient (Wildman–Crippen LogP) is 1.63. The van der Waals surface area contributed by atoms with E-state index >= 15 is 0 Å². The molecule has 1 aliphatic heterocycles. The molecule has 1 fully saturated rings. The topological polar surface area (TPSA) is 63.4 Å². The van der Waals surface area contributed by atoms with Crippen LogP contribution < -0.4 is 5.73 Å². The van der Waals surface area contributed by atoms with E-state index in [1.54, 1.807) is 4.90 Å². The minimum Gasteiger partial charge on any atom is -0.369 e. The van der Waals surface area contributed by atoms with Crippen molar-refractivity contribution < 1.29 is 9.59 Å². The molecule has 0 atom stereocenters. The summed E-state index contributed by atoms with van der Waals surface area (Å²) in [5, 5.41) is 0. The van der Waals surface area contributed by atoms with Crippen LogP contribution in [0.4, 0.5) is 0 Å². The van der Waals surface area contributed by atoms with Crippen molar-refractivity contribution in [1.29, 1.82) is 0 Å². The molecular formula is C13H15IN2O2. The van der Waals surface area contributed by atoms with Gasteiger partial charge in [0, 0.05) is 28.1 Å². The minimum absolute atomic E-state index is 0.0364. The van der Waals surface area contributed by atoms with Crippen LogP contribution in [-0.2, 0) is 4.79 Å². The Morgan fingerprint density at radius 2 is 1.72 bits per heavy atom. The quantitative estimate of drug-likeness (QED) is 0.817. The fraction of sp³-hybridized carbons (Fsp3) is 0.385. The number of piperidine rings is 1. The van der Waals surface area contributed by atoms with Gasteiger partial charge in [-0.25, -0.2) is 0 Å². The molecule has 1 saturated heterocycles. The molecule has 96 valence electrons. The number of carbonyl (C=O) groups excluding carboxylic acids is 2. The van der Waals surface area contributed by atoms with Gasteiger partial charge >= 0.3 is 0 Å². The molecule has 0 aliphatic carbocycles. The molecule has 18 heavy (non-hydrogen) atoms. The maximum atomic E-state index is 12.2. The highest BCUT2D eigenvalue weighted by atomic mass is 127. The summed E-state index contributed by atoms with van der Waals surface area (Å²) in [6.07, 6.45) is 1.34. The lowest BCUT2D eigenvalue weighted by Crippen LogP contribution is -2.41. The summed E-state index contributed by atoms with van der Waals surface area (Å²) in [6.45, 7) is 1.22. The number of amides is 2. The van der Waals surface area contributed by atoms with Gasteiger partial charge in [0.05, 0.1) is 0 Å². The van der Waals surface area contributed by atoms with Gasteiger partial charge in [-0.3, -0.25) is 9.59 Å². The average molecular weight is 358 g/mol. The second-order valence-corrected chi connectivity index (χ2v) is 5.72. The van der Waals surface area contributed by atoms with Crippen molar-refractivity contribution in [2.45, 2.75) is 12.8 Å². The van der Waals surface area contributed by atoms with Crippen LogP contribution in [0.1, 0.15) is 23.2 Å². The van der Waals surface area contributed by atoms with Gasteiger partial charge in [-0.2, -0.15) is 0 Å². The lowest BCUT2D eigenvalue weighted by Gasteiger charge is -2.30. The van der Waals surface area contributed by atoms with E-state index < -0.39 is 0 Å². The predicted molar refractivity (Wildman–Crippen MR) is 77.0 cm³/mol. The van der Waals surface area contributed by atoms with Crippen molar-refractivity contribution in [3.8, 4) is 0 Å². The molecule has 1 aliphatic rings. The normalized spacial score (nSPS) is 16.6. The lowest BCUT2D eigenvalue weighted by atomic mass is 9.96. The Morgan fingerprint density at radius 3 is 2.22 bits per heavy atom. The van der Waals surface area contributed by atoms with E-state index in [-0.39, 0.29) is 17.7 Å². The van der Waals surface area contributed by atoms with Crippen LogP contribution in [0.2, 0.25) is 0 Å². The summed E-state index contributed by atoms with van der Waals surface area (Å²) in [5.41, 5.74) is 5.98. The molecule has 0 saturated carbocycles. The van der Waals surface area contributed by atoms with Gasteiger partial charge in [0.15, 0.2) is 0 Å². The molecule has 0 unspecified atom stereocenters. The Bertz CT molecular complexity index is 451. The number of primary amides is 1. The SMILES string of the molecule is NC(=O)C1CCN(C(=O)c2ccc(I)cc2)CC1. The van der Waals surface area contributed by atoms with E-state index in [2.05, 4.69) is 22.6 Å². The standard InChI is InChI=1S/C13H15IN2O2/c14-11-3-1-10(2-4-11)13(18)16-7-5-9(6-8-16)12(15)17/h1-4,9H,5-8H2,(H2,15,17). The Hall–Kier alpha value is -1.11. The summed E-state index contributed by atoms with van der Waals surface area (Å²) < 4.78 is 1.11. The van der Waals surface area contributed by atoms with Gasteiger partial charge < -0.3 is 10.6 Å². The molecule has 1 aromatic carbocycles. The van der Waals surface area contributed by atoms with E-state index in [1.165, 1.54) is 0 Å². The van der Waals surface area contributed by atoms with Crippen molar-refractivity contribution in [3.05, 3.63) is 33.4 Å². The van der Waals surface area contributed by atoms with Crippen LogP contribution in [0.25, 0.3) is 0 Å². The average Bonchev–Trinajstić information content (AvgIpc) is 2.39. The third kappa shape index (κ3) is 3.01. The van der Waals surface area contributed by atoms with Gasteiger partial charge in [-0.1, -0.05) is 0 Å². The van der Waals surface area contributed by atoms with Crippen LogP contribution in [0.15, 0.2) is 24.3 Å². The number of hydrogen-bond donors (Lipinski definition) is 1. The van der Waals surface area contributed by atoms with Crippen LogP contribution >= 0.6 is 22.6 Å². The third-order valence-corrected chi connectivity index (χ3v) is 3.99. The molecule has 2 rings (SSSR count). The first-order valence-corrected chi connectivity index (χ1v) is 7.00. The van der Waals surface area contributed by atoms with Gasteiger partial charge in [0.2, 0.25) is 5.91 Å². The number of benzene rings is 1. The summed E-state index contributed by atoms with van der Waals surface area (Å²) in [7, 11) is 0. The Kier molecular flexibility index (Phi) is 4.21. The van der Waals surface area contributed by atoms with Gasteiger partial charge in [-0.15, -0.1) is 0 Å². The first-order valence-electron chi connectivity index (χ1n) is 5.92. The fourth-order valence-corrected chi connectivity index (χ4v) is 2.50. The molecule has 1 aromatic rings. The van der Waals surface area contributed by atoms with Crippen LogP contribution in [-0.4, -0.2) is 29.8 Å². The highest BCUT2D eigenvalue weighted by Gasteiger charge is 2.26.